The van der Waals surface area contributed by atoms with E-state index in [9.17, 15) is 0 Å². The van der Waals surface area contributed by atoms with Crippen LogP contribution in [-0.4, -0.2) is 32.2 Å². The van der Waals surface area contributed by atoms with Gasteiger partial charge in [-0.25, -0.2) is 0 Å². The first-order valence-electron chi connectivity index (χ1n) is 5.49. The van der Waals surface area contributed by atoms with Gasteiger partial charge in [0.1, 0.15) is 11.5 Å². The van der Waals surface area contributed by atoms with Crippen LogP contribution in [0.4, 0.5) is 0 Å². The van der Waals surface area contributed by atoms with Crippen LogP contribution in [0, 0.1) is 12.3 Å². The van der Waals surface area contributed by atoms with Crippen molar-refractivity contribution in [1.29, 1.82) is 0 Å². The Balaban J connectivity index is 2.87. The average Bonchev–Trinajstić information content (AvgIpc) is 2.36. The van der Waals surface area contributed by atoms with E-state index in [0.29, 0.717) is 0 Å². The molecule has 0 radical (unpaired) electrons. The lowest BCUT2D eigenvalue weighted by molar-refractivity contribution is 0.295. The second-order valence-electron chi connectivity index (χ2n) is 3.98. The van der Waals surface area contributed by atoms with Crippen molar-refractivity contribution >= 4 is 0 Å². The molecular weight excluding hydrogens is 214 g/mol. The number of ether oxygens (including phenoxy) is 2. The lowest BCUT2D eigenvalue weighted by atomic mass is 10.1. The maximum absolute atomic E-state index is 5.40. The fourth-order valence-electron chi connectivity index (χ4n) is 1.51. The molecule has 0 aliphatic rings. The monoisotopic (exact) mass is 233 g/mol. The summed E-state index contributed by atoms with van der Waals surface area (Å²) in [5, 5.41) is 0. The third-order valence-electron chi connectivity index (χ3n) is 2.75. The molecule has 0 heterocycles. The van der Waals surface area contributed by atoms with E-state index in [-0.39, 0.29) is 6.04 Å². The van der Waals surface area contributed by atoms with E-state index in [1.165, 1.54) is 0 Å². The summed E-state index contributed by atoms with van der Waals surface area (Å²) in [6, 6.07) is 5.94. The van der Waals surface area contributed by atoms with Gasteiger partial charge in [0.15, 0.2) is 0 Å². The minimum atomic E-state index is 0.104. The second kappa shape index (κ2) is 6.17. The van der Waals surface area contributed by atoms with Crippen LogP contribution in [0.15, 0.2) is 18.2 Å². The number of terminal acetylenes is 1. The lowest BCUT2D eigenvalue weighted by Gasteiger charge is -2.20. The highest BCUT2D eigenvalue weighted by Crippen LogP contribution is 2.23. The molecule has 0 saturated heterocycles. The summed E-state index contributed by atoms with van der Waals surface area (Å²) in [5.41, 5.74) is 1.12. The molecule has 0 aliphatic heterocycles. The van der Waals surface area contributed by atoms with E-state index in [1.807, 2.05) is 32.2 Å². The predicted molar refractivity (Wildman–Crippen MR) is 69.3 cm³/mol. The summed E-state index contributed by atoms with van der Waals surface area (Å²) in [5.74, 6) is 4.29. The summed E-state index contributed by atoms with van der Waals surface area (Å²) in [4.78, 5) is 2.09. The van der Waals surface area contributed by atoms with Crippen LogP contribution in [0.2, 0.25) is 0 Å². The van der Waals surface area contributed by atoms with Gasteiger partial charge >= 0.3 is 0 Å². The first kappa shape index (κ1) is 13.4. The zero-order valence-corrected chi connectivity index (χ0v) is 10.9. The van der Waals surface area contributed by atoms with Gasteiger partial charge in [-0.05, 0) is 31.7 Å². The van der Waals surface area contributed by atoms with E-state index in [0.717, 1.165) is 23.6 Å². The maximum Gasteiger partial charge on any atom is 0.122 e. The SMILES string of the molecule is C#C[C@@H](C)N(C)Cc1cc(OC)cc(OC)c1. The van der Waals surface area contributed by atoms with E-state index >= 15 is 0 Å². The highest BCUT2D eigenvalue weighted by atomic mass is 16.5. The number of methoxy groups -OCH3 is 2. The van der Waals surface area contributed by atoms with Gasteiger partial charge in [-0.1, -0.05) is 5.92 Å². The Morgan fingerprint density at radius 2 is 1.76 bits per heavy atom. The van der Waals surface area contributed by atoms with Gasteiger partial charge in [-0.15, -0.1) is 6.42 Å². The van der Waals surface area contributed by atoms with Gasteiger partial charge < -0.3 is 9.47 Å². The quantitative estimate of drug-likeness (QED) is 0.727. The average molecular weight is 233 g/mol. The number of nitrogens with zero attached hydrogens (tertiary/aromatic N) is 1. The Bertz CT molecular complexity index is 387. The van der Waals surface area contributed by atoms with Gasteiger partial charge in [0.25, 0.3) is 0 Å². The molecule has 1 rings (SSSR count). The summed E-state index contributed by atoms with van der Waals surface area (Å²) < 4.78 is 10.5. The number of hydrogen-bond acceptors (Lipinski definition) is 3. The Morgan fingerprint density at radius 1 is 1.24 bits per heavy atom. The van der Waals surface area contributed by atoms with E-state index in [2.05, 4.69) is 10.8 Å². The topological polar surface area (TPSA) is 21.7 Å². The molecule has 0 fully saturated rings. The Labute approximate surface area is 103 Å². The molecule has 1 aromatic rings. The normalized spacial score (nSPS) is 12.0. The number of hydrogen-bond donors (Lipinski definition) is 0. The summed E-state index contributed by atoms with van der Waals surface area (Å²) >= 11 is 0. The van der Waals surface area contributed by atoms with Gasteiger partial charge in [-0.2, -0.15) is 0 Å². The molecule has 0 bridgehead atoms. The first-order chi connectivity index (χ1) is 8.10. The zero-order chi connectivity index (χ0) is 12.8. The smallest absolute Gasteiger partial charge is 0.122 e. The summed E-state index contributed by atoms with van der Waals surface area (Å²) in [6.45, 7) is 2.76. The summed E-state index contributed by atoms with van der Waals surface area (Å²) in [6.07, 6.45) is 5.40. The Hall–Kier alpha value is -1.66. The predicted octanol–water partition coefficient (Wildman–Crippen LogP) is 2.16. The highest BCUT2D eigenvalue weighted by molar-refractivity contribution is 5.38. The highest BCUT2D eigenvalue weighted by Gasteiger charge is 2.08. The molecule has 1 atom stereocenters. The minimum Gasteiger partial charge on any atom is -0.497 e. The molecule has 3 heteroatoms. The van der Waals surface area contributed by atoms with Crippen molar-refractivity contribution in [1.82, 2.24) is 4.90 Å². The lowest BCUT2D eigenvalue weighted by Crippen LogP contribution is -2.26. The first-order valence-corrected chi connectivity index (χ1v) is 5.49. The van der Waals surface area contributed by atoms with Gasteiger partial charge in [0.2, 0.25) is 0 Å². The molecule has 92 valence electrons. The van der Waals surface area contributed by atoms with E-state index < -0.39 is 0 Å². The van der Waals surface area contributed by atoms with Crippen molar-refractivity contribution in [2.45, 2.75) is 19.5 Å². The van der Waals surface area contributed by atoms with Crippen molar-refractivity contribution in [3.8, 4) is 23.8 Å². The molecule has 17 heavy (non-hydrogen) atoms. The Morgan fingerprint density at radius 3 is 2.18 bits per heavy atom. The van der Waals surface area contributed by atoms with Crippen LogP contribution in [0.3, 0.4) is 0 Å². The van der Waals surface area contributed by atoms with Crippen LogP contribution in [0.5, 0.6) is 11.5 Å². The van der Waals surface area contributed by atoms with Crippen LogP contribution < -0.4 is 9.47 Å². The van der Waals surface area contributed by atoms with Crippen LogP contribution in [0.25, 0.3) is 0 Å². The third kappa shape index (κ3) is 3.69. The van der Waals surface area contributed by atoms with Crippen molar-refractivity contribution in [3.63, 3.8) is 0 Å². The van der Waals surface area contributed by atoms with Crippen LogP contribution in [-0.2, 0) is 6.54 Å². The second-order valence-corrected chi connectivity index (χ2v) is 3.98. The molecule has 0 aliphatic carbocycles. The third-order valence-corrected chi connectivity index (χ3v) is 2.75. The van der Waals surface area contributed by atoms with Crippen LogP contribution in [0.1, 0.15) is 12.5 Å². The fourth-order valence-corrected chi connectivity index (χ4v) is 1.51. The van der Waals surface area contributed by atoms with Gasteiger partial charge in [-0.3, -0.25) is 4.90 Å². The van der Waals surface area contributed by atoms with E-state index in [4.69, 9.17) is 15.9 Å². The van der Waals surface area contributed by atoms with Gasteiger partial charge in [0, 0.05) is 12.6 Å². The summed E-state index contributed by atoms with van der Waals surface area (Å²) in [7, 11) is 5.29. The molecule has 1 aromatic carbocycles. The van der Waals surface area contributed by atoms with Crippen molar-refractivity contribution in [2.24, 2.45) is 0 Å². The molecule has 0 spiro atoms. The molecule has 0 amide bonds. The number of rotatable bonds is 5. The molecule has 0 unspecified atom stereocenters. The van der Waals surface area contributed by atoms with Gasteiger partial charge in [0.05, 0.1) is 20.3 Å². The molecular formula is C14H19NO2. The fraction of sp³-hybridized carbons (Fsp3) is 0.429. The molecule has 3 nitrogen and oxygen atoms in total. The minimum absolute atomic E-state index is 0.104. The molecule has 0 saturated carbocycles. The zero-order valence-electron chi connectivity index (χ0n) is 10.9. The number of benzene rings is 1. The molecule has 0 aromatic heterocycles. The largest absolute Gasteiger partial charge is 0.497 e. The Kier molecular flexibility index (Phi) is 4.86. The van der Waals surface area contributed by atoms with Crippen molar-refractivity contribution in [3.05, 3.63) is 23.8 Å². The van der Waals surface area contributed by atoms with E-state index in [1.54, 1.807) is 14.2 Å². The maximum atomic E-state index is 5.40. The van der Waals surface area contributed by atoms with Crippen molar-refractivity contribution in [2.75, 3.05) is 21.3 Å². The standard InChI is InChI=1S/C14H19NO2/c1-6-11(2)15(3)10-12-7-13(16-4)9-14(8-12)17-5/h1,7-9,11H,10H2,2-5H3/t11-/m1/s1. The molecule has 0 N–H and O–H groups in total. The van der Waals surface area contributed by atoms with Crippen molar-refractivity contribution < 1.29 is 9.47 Å². The van der Waals surface area contributed by atoms with Crippen LogP contribution >= 0.6 is 0 Å².